The van der Waals surface area contributed by atoms with Crippen LogP contribution in [0.3, 0.4) is 0 Å². The first-order valence-corrected chi connectivity index (χ1v) is 7.44. The number of nitro groups is 1. The molecule has 2 rings (SSSR count). The van der Waals surface area contributed by atoms with Crippen LogP contribution in [0.1, 0.15) is 21.5 Å². The SMILES string of the molecule is Cc1ccc([N+](=O)[O-])cc1NC(=O)COC(=O)c1ccc(C)c(O)c1O. The summed E-state index contributed by atoms with van der Waals surface area (Å²) in [4.78, 5) is 34.0. The molecule has 9 heteroatoms. The van der Waals surface area contributed by atoms with E-state index in [0.29, 0.717) is 11.1 Å². The van der Waals surface area contributed by atoms with Crippen LogP contribution in [0.25, 0.3) is 0 Å². The summed E-state index contributed by atoms with van der Waals surface area (Å²) in [6.07, 6.45) is 0. The van der Waals surface area contributed by atoms with Crippen molar-refractivity contribution in [2.24, 2.45) is 0 Å². The number of phenols is 2. The van der Waals surface area contributed by atoms with Gasteiger partial charge in [-0.3, -0.25) is 14.9 Å². The van der Waals surface area contributed by atoms with Crippen molar-refractivity contribution in [1.82, 2.24) is 0 Å². The number of nitrogens with zero attached hydrogens (tertiary/aromatic N) is 1. The minimum Gasteiger partial charge on any atom is -0.504 e. The number of non-ortho nitro benzene ring substituents is 1. The van der Waals surface area contributed by atoms with Crippen molar-refractivity contribution in [2.45, 2.75) is 13.8 Å². The zero-order valence-corrected chi connectivity index (χ0v) is 14.0. The van der Waals surface area contributed by atoms with Crippen LogP contribution in [0.2, 0.25) is 0 Å². The molecule has 2 aromatic carbocycles. The van der Waals surface area contributed by atoms with Gasteiger partial charge < -0.3 is 20.3 Å². The third-order valence-corrected chi connectivity index (χ3v) is 3.61. The summed E-state index contributed by atoms with van der Waals surface area (Å²) in [5.74, 6) is -2.79. The van der Waals surface area contributed by atoms with E-state index in [1.54, 1.807) is 13.8 Å². The summed E-state index contributed by atoms with van der Waals surface area (Å²) in [6, 6.07) is 6.65. The fourth-order valence-corrected chi connectivity index (χ4v) is 2.10. The number of amides is 1. The van der Waals surface area contributed by atoms with Crippen LogP contribution in [0.15, 0.2) is 30.3 Å². The fraction of sp³-hybridized carbons (Fsp3) is 0.176. The third-order valence-electron chi connectivity index (χ3n) is 3.61. The lowest BCUT2D eigenvalue weighted by Gasteiger charge is -2.10. The fourth-order valence-electron chi connectivity index (χ4n) is 2.10. The average Bonchev–Trinajstić information content (AvgIpc) is 2.59. The van der Waals surface area contributed by atoms with Crippen LogP contribution in [0.4, 0.5) is 11.4 Å². The molecule has 0 aliphatic heterocycles. The Hall–Kier alpha value is -3.62. The summed E-state index contributed by atoms with van der Waals surface area (Å²) in [6.45, 7) is 2.52. The number of anilines is 1. The summed E-state index contributed by atoms with van der Waals surface area (Å²) >= 11 is 0. The normalized spacial score (nSPS) is 10.2. The van der Waals surface area contributed by atoms with Gasteiger partial charge in [-0.25, -0.2) is 4.79 Å². The topological polar surface area (TPSA) is 139 Å². The molecular formula is C17H16N2O7. The molecule has 0 spiro atoms. The summed E-state index contributed by atoms with van der Waals surface area (Å²) in [5, 5.41) is 32.6. The van der Waals surface area contributed by atoms with Crippen molar-refractivity contribution in [2.75, 3.05) is 11.9 Å². The smallest absolute Gasteiger partial charge is 0.342 e. The van der Waals surface area contributed by atoms with Crippen LogP contribution >= 0.6 is 0 Å². The van der Waals surface area contributed by atoms with Crippen LogP contribution < -0.4 is 5.32 Å². The molecular weight excluding hydrogens is 344 g/mol. The molecule has 0 aliphatic carbocycles. The lowest BCUT2D eigenvalue weighted by Crippen LogP contribution is -2.21. The van der Waals surface area contributed by atoms with Crippen LogP contribution in [0, 0.1) is 24.0 Å². The molecule has 0 saturated heterocycles. The van der Waals surface area contributed by atoms with E-state index in [4.69, 9.17) is 4.74 Å². The first-order chi connectivity index (χ1) is 12.2. The van der Waals surface area contributed by atoms with Gasteiger partial charge in [-0.1, -0.05) is 12.1 Å². The molecule has 9 nitrogen and oxygen atoms in total. The number of nitrogens with one attached hydrogen (secondary N) is 1. The molecule has 136 valence electrons. The number of nitro benzene ring substituents is 1. The highest BCUT2D eigenvalue weighted by atomic mass is 16.6. The van der Waals surface area contributed by atoms with Crippen molar-refractivity contribution >= 4 is 23.3 Å². The second-order valence-electron chi connectivity index (χ2n) is 5.51. The molecule has 1 amide bonds. The van der Waals surface area contributed by atoms with Gasteiger partial charge in [0.15, 0.2) is 18.1 Å². The minimum atomic E-state index is -0.997. The first-order valence-electron chi connectivity index (χ1n) is 7.44. The maximum Gasteiger partial charge on any atom is 0.342 e. The average molecular weight is 360 g/mol. The standard InChI is InChI=1S/C17H16N2O7/c1-9-3-5-11(19(24)25)7-13(9)18-14(20)8-26-17(23)12-6-4-10(2)15(21)16(12)22/h3-7,21-22H,8H2,1-2H3,(H,18,20). The maximum atomic E-state index is 11.9. The van der Waals surface area contributed by atoms with Crippen molar-refractivity contribution in [3.63, 3.8) is 0 Å². The number of phenolic OH excluding ortho intramolecular Hbond substituents is 2. The Morgan fingerprint density at radius 2 is 1.77 bits per heavy atom. The summed E-state index contributed by atoms with van der Waals surface area (Å²) in [5.41, 5.74) is 0.709. The van der Waals surface area contributed by atoms with Gasteiger partial charge in [-0.15, -0.1) is 0 Å². The number of ether oxygens (including phenoxy) is 1. The van der Waals surface area contributed by atoms with Crippen molar-refractivity contribution in [1.29, 1.82) is 0 Å². The van der Waals surface area contributed by atoms with Gasteiger partial charge >= 0.3 is 5.97 Å². The number of benzene rings is 2. The lowest BCUT2D eigenvalue weighted by atomic mass is 10.1. The Labute approximate surface area is 148 Å². The Morgan fingerprint density at radius 3 is 2.42 bits per heavy atom. The molecule has 3 N–H and O–H groups in total. The Morgan fingerprint density at radius 1 is 1.12 bits per heavy atom. The van der Waals surface area contributed by atoms with Gasteiger partial charge in [0.25, 0.3) is 11.6 Å². The van der Waals surface area contributed by atoms with E-state index in [9.17, 15) is 29.9 Å². The summed E-state index contributed by atoms with van der Waals surface area (Å²) in [7, 11) is 0. The molecule has 0 unspecified atom stereocenters. The highest BCUT2D eigenvalue weighted by Crippen LogP contribution is 2.32. The lowest BCUT2D eigenvalue weighted by molar-refractivity contribution is -0.384. The van der Waals surface area contributed by atoms with Gasteiger partial charge in [-0.05, 0) is 31.0 Å². The Balaban J connectivity index is 2.03. The molecule has 26 heavy (non-hydrogen) atoms. The van der Waals surface area contributed by atoms with Crippen molar-refractivity contribution in [3.8, 4) is 11.5 Å². The second-order valence-corrected chi connectivity index (χ2v) is 5.51. The van der Waals surface area contributed by atoms with Gasteiger partial charge in [0.1, 0.15) is 5.56 Å². The number of carbonyl (C=O) groups excluding carboxylic acids is 2. The van der Waals surface area contributed by atoms with Crippen molar-refractivity contribution in [3.05, 3.63) is 57.1 Å². The largest absolute Gasteiger partial charge is 0.504 e. The molecule has 0 aliphatic rings. The zero-order chi connectivity index (χ0) is 19.4. The number of esters is 1. The van der Waals surface area contributed by atoms with E-state index in [1.807, 2.05) is 0 Å². The molecule has 0 aromatic heterocycles. The first kappa shape index (κ1) is 18.7. The molecule has 0 atom stereocenters. The van der Waals surface area contributed by atoms with Gasteiger partial charge in [0.2, 0.25) is 0 Å². The molecule has 0 bridgehead atoms. The van der Waals surface area contributed by atoms with E-state index in [0.717, 1.165) is 0 Å². The predicted molar refractivity (Wildman–Crippen MR) is 91.3 cm³/mol. The molecule has 0 saturated carbocycles. The van der Waals surface area contributed by atoms with E-state index < -0.39 is 34.9 Å². The van der Waals surface area contributed by atoms with Gasteiger partial charge in [-0.2, -0.15) is 0 Å². The van der Waals surface area contributed by atoms with Crippen LogP contribution in [-0.2, 0) is 9.53 Å². The molecule has 0 heterocycles. The van der Waals surface area contributed by atoms with Crippen LogP contribution in [0.5, 0.6) is 11.5 Å². The van der Waals surface area contributed by atoms with Gasteiger partial charge in [0.05, 0.1) is 10.6 Å². The highest BCUT2D eigenvalue weighted by Gasteiger charge is 2.19. The highest BCUT2D eigenvalue weighted by molar-refractivity contribution is 5.97. The maximum absolute atomic E-state index is 11.9. The van der Waals surface area contributed by atoms with E-state index >= 15 is 0 Å². The number of carbonyl (C=O) groups is 2. The molecule has 0 fully saturated rings. The number of hydrogen-bond acceptors (Lipinski definition) is 7. The Bertz CT molecular complexity index is 893. The monoisotopic (exact) mass is 360 g/mol. The zero-order valence-electron chi connectivity index (χ0n) is 14.0. The molecule has 2 aromatic rings. The van der Waals surface area contributed by atoms with E-state index in [1.165, 1.54) is 30.3 Å². The quantitative estimate of drug-likeness (QED) is 0.322. The second kappa shape index (κ2) is 7.51. The number of rotatable bonds is 5. The molecule has 0 radical (unpaired) electrons. The number of hydrogen-bond donors (Lipinski definition) is 3. The van der Waals surface area contributed by atoms with E-state index in [-0.39, 0.29) is 16.9 Å². The third kappa shape index (κ3) is 4.07. The predicted octanol–water partition coefficient (Wildman–Crippen LogP) is 2.42. The number of aromatic hydroxyl groups is 2. The summed E-state index contributed by atoms with van der Waals surface area (Å²) < 4.78 is 4.80. The van der Waals surface area contributed by atoms with Crippen LogP contribution in [-0.4, -0.2) is 33.6 Å². The minimum absolute atomic E-state index is 0.192. The van der Waals surface area contributed by atoms with E-state index in [2.05, 4.69) is 5.32 Å². The number of aryl methyl sites for hydroxylation is 2. The van der Waals surface area contributed by atoms with Gasteiger partial charge in [0, 0.05) is 12.1 Å². The van der Waals surface area contributed by atoms with Crippen molar-refractivity contribution < 1.29 is 29.5 Å². The Kier molecular flexibility index (Phi) is 5.41.